The SMILES string of the molecule is Cc1cccc(NC(=O)C[C@@H]2[NH2+][C@H]3CCCC[C@H]3NC2=O)c1. The Bertz CT molecular complexity index is 573. The number of nitrogens with two attached hydrogens (primary N) is 1. The van der Waals surface area contributed by atoms with Gasteiger partial charge in [-0.15, -0.1) is 0 Å². The van der Waals surface area contributed by atoms with Gasteiger partial charge in [-0.05, 0) is 37.5 Å². The van der Waals surface area contributed by atoms with Crippen molar-refractivity contribution >= 4 is 17.5 Å². The second kappa shape index (κ2) is 6.48. The zero-order valence-corrected chi connectivity index (χ0v) is 13.0. The van der Waals surface area contributed by atoms with Crippen molar-refractivity contribution in [1.82, 2.24) is 5.32 Å². The molecule has 2 fully saturated rings. The van der Waals surface area contributed by atoms with E-state index in [0.29, 0.717) is 6.04 Å². The van der Waals surface area contributed by atoms with Crippen molar-refractivity contribution in [1.29, 1.82) is 0 Å². The Morgan fingerprint density at radius 2 is 2.18 bits per heavy atom. The Hall–Kier alpha value is -1.88. The van der Waals surface area contributed by atoms with Gasteiger partial charge in [-0.2, -0.15) is 0 Å². The van der Waals surface area contributed by atoms with E-state index in [1.165, 1.54) is 12.8 Å². The predicted octanol–water partition coefficient (Wildman–Crippen LogP) is 0.697. The highest BCUT2D eigenvalue weighted by molar-refractivity contribution is 5.95. The second-order valence-electron chi connectivity index (χ2n) is 6.48. The van der Waals surface area contributed by atoms with E-state index >= 15 is 0 Å². The van der Waals surface area contributed by atoms with Crippen molar-refractivity contribution in [3.63, 3.8) is 0 Å². The van der Waals surface area contributed by atoms with Crippen LogP contribution in [0.4, 0.5) is 5.69 Å². The molecule has 1 aromatic carbocycles. The Balaban J connectivity index is 1.57. The fourth-order valence-electron chi connectivity index (χ4n) is 3.54. The number of hydrogen-bond donors (Lipinski definition) is 3. The molecule has 3 rings (SSSR count). The maximum absolute atomic E-state index is 12.2. The third-order valence-corrected chi connectivity index (χ3v) is 4.67. The number of aryl methyl sites for hydroxylation is 1. The van der Waals surface area contributed by atoms with Gasteiger partial charge in [0.05, 0.1) is 12.5 Å². The summed E-state index contributed by atoms with van der Waals surface area (Å²) in [5.74, 6) is -0.0983. The van der Waals surface area contributed by atoms with Crippen LogP contribution in [0, 0.1) is 6.92 Å². The van der Waals surface area contributed by atoms with E-state index in [-0.39, 0.29) is 30.3 Å². The number of amides is 2. The number of benzene rings is 1. The lowest BCUT2D eigenvalue weighted by Gasteiger charge is -2.37. The first-order valence-corrected chi connectivity index (χ1v) is 8.14. The average molecular weight is 302 g/mol. The highest BCUT2D eigenvalue weighted by Gasteiger charge is 2.40. The molecule has 0 unspecified atom stereocenters. The third-order valence-electron chi connectivity index (χ3n) is 4.67. The molecule has 3 atom stereocenters. The molecule has 1 heterocycles. The molecular weight excluding hydrogens is 278 g/mol. The molecule has 5 heteroatoms. The first-order valence-electron chi connectivity index (χ1n) is 8.14. The van der Waals surface area contributed by atoms with Gasteiger partial charge in [0, 0.05) is 12.1 Å². The number of piperazine rings is 1. The van der Waals surface area contributed by atoms with Gasteiger partial charge in [0.1, 0.15) is 6.04 Å². The first kappa shape index (κ1) is 15.0. The molecule has 118 valence electrons. The van der Waals surface area contributed by atoms with Gasteiger partial charge in [0.25, 0.3) is 5.91 Å². The Morgan fingerprint density at radius 1 is 1.36 bits per heavy atom. The summed E-state index contributed by atoms with van der Waals surface area (Å²) < 4.78 is 0. The van der Waals surface area contributed by atoms with E-state index in [0.717, 1.165) is 24.1 Å². The van der Waals surface area contributed by atoms with Gasteiger partial charge in [0.2, 0.25) is 5.91 Å². The number of rotatable bonds is 3. The van der Waals surface area contributed by atoms with Gasteiger partial charge in [-0.3, -0.25) is 9.59 Å². The van der Waals surface area contributed by atoms with Gasteiger partial charge in [0.15, 0.2) is 6.04 Å². The Kier molecular flexibility index (Phi) is 4.43. The maximum atomic E-state index is 12.2. The zero-order chi connectivity index (χ0) is 15.5. The molecule has 1 saturated carbocycles. The first-order chi connectivity index (χ1) is 10.6. The standard InChI is InChI=1S/C17H23N3O2/c1-11-5-4-6-12(9-11)18-16(21)10-15-17(22)20-14-8-3-2-7-13(14)19-15/h4-6,9,13-15,19H,2-3,7-8,10H2,1H3,(H,18,21)(H,20,22)/p+1/t13-,14+,15-/m0/s1. The molecule has 2 amide bonds. The molecule has 1 aromatic rings. The Labute approximate surface area is 130 Å². The zero-order valence-electron chi connectivity index (χ0n) is 13.0. The van der Waals surface area contributed by atoms with Gasteiger partial charge in [-0.1, -0.05) is 18.6 Å². The number of quaternary nitrogens is 1. The second-order valence-corrected chi connectivity index (χ2v) is 6.48. The minimum absolute atomic E-state index is 0.00235. The van der Waals surface area contributed by atoms with E-state index in [1.54, 1.807) is 0 Å². The average Bonchev–Trinajstić information content (AvgIpc) is 2.48. The quantitative estimate of drug-likeness (QED) is 0.769. The molecule has 1 saturated heterocycles. The van der Waals surface area contributed by atoms with Crippen LogP contribution in [0.15, 0.2) is 24.3 Å². The van der Waals surface area contributed by atoms with Crippen LogP contribution in [0.2, 0.25) is 0 Å². The normalized spacial score (nSPS) is 27.7. The lowest BCUT2D eigenvalue weighted by Crippen LogP contribution is -3.03. The van der Waals surface area contributed by atoms with Crippen molar-refractivity contribution in [3.05, 3.63) is 29.8 Å². The molecule has 0 aromatic heterocycles. The predicted molar refractivity (Wildman–Crippen MR) is 84.3 cm³/mol. The minimum Gasteiger partial charge on any atom is -0.342 e. The van der Waals surface area contributed by atoms with Crippen LogP contribution in [0.5, 0.6) is 0 Å². The number of carbonyl (C=O) groups excluding carboxylic acids is 2. The lowest BCUT2D eigenvalue weighted by atomic mass is 9.87. The van der Waals surface area contributed by atoms with E-state index < -0.39 is 0 Å². The summed E-state index contributed by atoms with van der Waals surface area (Å²) in [5.41, 5.74) is 1.89. The number of fused-ring (bicyclic) bond motifs is 1. The number of carbonyl (C=O) groups is 2. The minimum atomic E-state index is -0.302. The summed E-state index contributed by atoms with van der Waals surface area (Å²) in [6.45, 7) is 1.99. The van der Waals surface area contributed by atoms with E-state index in [4.69, 9.17) is 0 Å². The fraction of sp³-hybridized carbons (Fsp3) is 0.529. The number of hydrogen-bond acceptors (Lipinski definition) is 2. The van der Waals surface area contributed by atoms with E-state index in [1.807, 2.05) is 31.2 Å². The topological polar surface area (TPSA) is 74.8 Å². The molecule has 0 radical (unpaired) electrons. The summed E-state index contributed by atoms with van der Waals surface area (Å²) in [4.78, 5) is 24.4. The van der Waals surface area contributed by atoms with Crippen LogP contribution in [-0.2, 0) is 9.59 Å². The van der Waals surface area contributed by atoms with Crippen LogP contribution in [0.3, 0.4) is 0 Å². The molecular formula is C17H24N3O2+. The number of anilines is 1. The van der Waals surface area contributed by atoms with Crippen molar-refractivity contribution < 1.29 is 14.9 Å². The molecule has 1 aliphatic carbocycles. The molecule has 0 spiro atoms. The summed E-state index contributed by atoms with van der Waals surface area (Å²) >= 11 is 0. The van der Waals surface area contributed by atoms with Gasteiger partial charge >= 0.3 is 0 Å². The summed E-state index contributed by atoms with van der Waals surface area (Å²) in [5, 5.41) is 8.09. The van der Waals surface area contributed by atoms with Crippen molar-refractivity contribution in [3.8, 4) is 0 Å². The van der Waals surface area contributed by atoms with Gasteiger partial charge in [-0.25, -0.2) is 0 Å². The molecule has 2 aliphatic rings. The molecule has 5 nitrogen and oxygen atoms in total. The van der Waals surface area contributed by atoms with E-state index in [9.17, 15) is 9.59 Å². The monoisotopic (exact) mass is 302 g/mol. The van der Waals surface area contributed by atoms with Crippen LogP contribution in [0.1, 0.15) is 37.7 Å². The highest BCUT2D eigenvalue weighted by atomic mass is 16.2. The molecule has 22 heavy (non-hydrogen) atoms. The highest BCUT2D eigenvalue weighted by Crippen LogP contribution is 2.18. The molecule has 1 aliphatic heterocycles. The third kappa shape index (κ3) is 3.47. The summed E-state index contributed by atoms with van der Waals surface area (Å²) in [6, 6.07) is 8.12. The number of nitrogens with one attached hydrogen (secondary N) is 2. The van der Waals surface area contributed by atoms with Crippen molar-refractivity contribution in [2.75, 3.05) is 5.32 Å². The van der Waals surface area contributed by atoms with Crippen molar-refractivity contribution in [2.24, 2.45) is 0 Å². The van der Waals surface area contributed by atoms with Crippen LogP contribution >= 0.6 is 0 Å². The van der Waals surface area contributed by atoms with Crippen LogP contribution in [-0.4, -0.2) is 29.9 Å². The molecule has 0 bridgehead atoms. The summed E-state index contributed by atoms with van der Waals surface area (Å²) in [6.07, 6.45) is 4.82. The van der Waals surface area contributed by atoms with Gasteiger partial charge < -0.3 is 16.0 Å². The smallest absolute Gasteiger partial charge is 0.279 e. The Morgan fingerprint density at radius 3 is 3.00 bits per heavy atom. The van der Waals surface area contributed by atoms with Crippen molar-refractivity contribution in [2.45, 2.75) is 57.2 Å². The largest absolute Gasteiger partial charge is 0.342 e. The summed E-state index contributed by atoms with van der Waals surface area (Å²) in [7, 11) is 0. The maximum Gasteiger partial charge on any atom is 0.279 e. The lowest BCUT2D eigenvalue weighted by molar-refractivity contribution is -0.718. The fourth-order valence-corrected chi connectivity index (χ4v) is 3.54. The van der Waals surface area contributed by atoms with E-state index in [2.05, 4.69) is 16.0 Å². The van der Waals surface area contributed by atoms with Crippen LogP contribution in [0.25, 0.3) is 0 Å². The van der Waals surface area contributed by atoms with Crippen LogP contribution < -0.4 is 16.0 Å². The molecule has 4 N–H and O–H groups in total.